The van der Waals surface area contributed by atoms with Crippen molar-refractivity contribution < 1.29 is 0 Å². The van der Waals surface area contributed by atoms with E-state index in [-0.39, 0.29) is 0 Å². The standard InChI is InChI=1S/C13H18N2S2/c1-9-10(2)17-8-7-15(9)12-6-4-3-5-11(12)13(14)16/h3-6,9-10H,7-8H2,1-2H3,(H2,14,16). The van der Waals surface area contributed by atoms with Gasteiger partial charge in [0.05, 0.1) is 0 Å². The van der Waals surface area contributed by atoms with Crippen LogP contribution in [0.15, 0.2) is 24.3 Å². The van der Waals surface area contributed by atoms with Crippen molar-refractivity contribution in [3.05, 3.63) is 29.8 Å². The summed E-state index contributed by atoms with van der Waals surface area (Å²) in [6.45, 7) is 5.62. The third kappa shape index (κ3) is 2.58. The van der Waals surface area contributed by atoms with Crippen molar-refractivity contribution in [1.82, 2.24) is 0 Å². The lowest BCUT2D eigenvalue weighted by molar-refractivity contribution is 0.627. The summed E-state index contributed by atoms with van der Waals surface area (Å²) in [6.07, 6.45) is 0. The molecule has 1 heterocycles. The van der Waals surface area contributed by atoms with Crippen molar-refractivity contribution in [2.75, 3.05) is 17.2 Å². The highest BCUT2D eigenvalue weighted by Gasteiger charge is 2.26. The minimum Gasteiger partial charge on any atom is -0.389 e. The Bertz CT molecular complexity index is 420. The summed E-state index contributed by atoms with van der Waals surface area (Å²) in [5.74, 6) is 1.16. The lowest BCUT2D eigenvalue weighted by atomic mass is 10.1. The van der Waals surface area contributed by atoms with E-state index in [0.29, 0.717) is 16.3 Å². The SMILES string of the molecule is CC1SCCN(c2ccccc2C(N)=S)C1C. The van der Waals surface area contributed by atoms with Crippen molar-refractivity contribution in [3.8, 4) is 0 Å². The Balaban J connectivity index is 2.36. The van der Waals surface area contributed by atoms with Gasteiger partial charge in [0, 0.05) is 34.8 Å². The first-order valence-electron chi connectivity index (χ1n) is 5.88. The summed E-state index contributed by atoms with van der Waals surface area (Å²) in [5.41, 5.74) is 7.98. The smallest absolute Gasteiger partial charge is 0.106 e. The monoisotopic (exact) mass is 266 g/mol. The number of hydrogen-bond acceptors (Lipinski definition) is 3. The van der Waals surface area contributed by atoms with Crippen LogP contribution in [-0.2, 0) is 0 Å². The Morgan fingerprint density at radius 3 is 2.82 bits per heavy atom. The molecule has 2 N–H and O–H groups in total. The summed E-state index contributed by atoms with van der Waals surface area (Å²) in [7, 11) is 0. The van der Waals surface area contributed by atoms with Crippen molar-refractivity contribution in [3.63, 3.8) is 0 Å². The molecule has 1 saturated heterocycles. The van der Waals surface area contributed by atoms with Gasteiger partial charge in [0.2, 0.25) is 0 Å². The fourth-order valence-electron chi connectivity index (χ4n) is 2.21. The van der Waals surface area contributed by atoms with E-state index in [1.54, 1.807) is 0 Å². The molecule has 1 aromatic rings. The van der Waals surface area contributed by atoms with Crippen LogP contribution in [0.3, 0.4) is 0 Å². The van der Waals surface area contributed by atoms with E-state index in [1.807, 2.05) is 23.9 Å². The molecular formula is C13H18N2S2. The Morgan fingerprint density at radius 1 is 1.41 bits per heavy atom. The number of nitrogens with zero attached hydrogens (tertiary/aromatic N) is 1. The Hall–Kier alpha value is -0.740. The molecule has 2 atom stereocenters. The molecule has 2 unspecified atom stereocenters. The highest BCUT2D eigenvalue weighted by atomic mass is 32.2. The molecule has 0 saturated carbocycles. The Morgan fingerprint density at radius 2 is 2.12 bits per heavy atom. The zero-order chi connectivity index (χ0) is 12.4. The summed E-state index contributed by atoms with van der Waals surface area (Å²) >= 11 is 7.17. The molecule has 1 aromatic carbocycles. The van der Waals surface area contributed by atoms with Gasteiger partial charge in [0.15, 0.2) is 0 Å². The molecule has 0 aromatic heterocycles. The zero-order valence-electron chi connectivity index (χ0n) is 10.2. The van der Waals surface area contributed by atoms with E-state index in [1.165, 1.54) is 5.69 Å². The number of anilines is 1. The summed E-state index contributed by atoms with van der Waals surface area (Å²) in [4.78, 5) is 2.91. The van der Waals surface area contributed by atoms with Gasteiger partial charge in [0.1, 0.15) is 4.99 Å². The van der Waals surface area contributed by atoms with E-state index in [9.17, 15) is 0 Å². The average Bonchev–Trinajstić information content (AvgIpc) is 2.33. The lowest BCUT2D eigenvalue weighted by Crippen LogP contribution is -2.45. The average molecular weight is 266 g/mol. The largest absolute Gasteiger partial charge is 0.389 e. The van der Waals surface area contributed by atoms with E-state index in [2.05, 4.69) is 30.9 Å². The second-order valence-electron chi connectivity index (χ2n) is 4.39. The fourth-order valence-corrected chi connectivity index (χ4v) is 3.48. The first kappa shape index (κ1) is 12.7. The maximum absolute atomic E-state index is 5.80. The van der Waals surface area contributed by atoms with E-state index in [0.717, 1.165) is 17.9 Å². The van der Waals surface area contributed by atoms with Crippen LogP contribution in [0.5, 0.6) is 0 Å². The number of nitrogens with two attached hydrogens (primary N) is 1. The van der Waals surface area contributed by atoms with E-state index in [4.69, 9.17) is 18.0 Å². The molecular weight excluding hydrogens is 248 g/mol. The molecule has 1 aliphatic heterocycles. The number of para-hydroxylation sites is 1. The third-order valence-corrected chi connectivity index (χ3v) is 4.92. The minimum atomic E-state index is 0.485. The zero-order valence-corrected chi connectivity index (χ0v) is 11.9. The lowest BCUT2D eigenvalue weighted by Gasteiger charge is -2.40. The first-order valence-corrected chi connectivity index (χ1v) is 7.34. The van der Waals surface area contributed by atoms with Crippen LogP contribution < -0.4 is 10.6 Å². The van der Waals surface area contributed by atoms with Crippen LogP contribution in [-0.4, -0.2) is 28.6 Å². The quantitative estimate of drug-likeness (QED) is 0.833. The maximum Gasteiger partial charge on any atom is 0.106 e. The summed E-state index contributed by atoms with van der Waals surface area (Å²) in [5, 5.41) is 0.642. The van der Waals surface area contributed by atoms with Gasteiger partial charge in [-0.2, -0.15) is 11.8 Å². The number of benzene rings is 1. The number of thiocarbonyl (C=S) groups is 1. The van der Waals surface area contributed by atoms with Gasteiger partial charge in [-0.3, -0.25) is 0 Å². The Kier molecular flexibility index (Phi) is 3.94. The highest BCUT2D eigenvalue weighted by Crippen LogP contribution is 2.31. The first-order chi connectivity index (χ1) is 8.11. The fraction of sp³-hybridized carbons (Fsp3) is 0.462. The van der Waals surface area contributed by atoms with Crippen LogP contribution in [0.25, 0.3) is 0 Å². The molecule has 0 spiro atoms. The van der Waals surface area contributed by atoms with Crippen LogP contribution in [0.4, 0.5) is 5.69 Å². The highest BCUT2D eigenvalue weighted by molar-refractivity contribution is 8.00. The molecule has 0 amide bonds. The molecule has 1 aliphatic rings. The molecule has 2 rings (SSSR count). The predicted octanol–water partition coefficient (Wildman–Crippen LogP) is 2.65. The van der Waals surface area contributed by atoms with Crippen molar-refractivity contribution in [2.24, 2.45) is 5.73 Å². The molecule has 2 nitrogen and oxygen atoms in total. The number of hydrogen-bond donors (Lipinski definition) is 1. The van der Waals surface area contributed by atoms with E-state index < -0.39 is 0 Å². The summed E-state index contributed by atoms with van der Waals surface area (Å²) in [6, 6.07) is 8.69. The van der Waals surface area contributed by atoms with Crippen LogP contribution in [0.1, 0.15) is 19.4 Å². The van der Waals surface area contributed by atoms with Crippen LogP contribution >= 0.6 is 24.0 Å². The van der Waals surface area contributed by atoms with Crippen molar-refractivity contribution >= 4 is 34.7 Å². The van der Waals surface area contributed by atoms with Crippen LogP contribution in [0, 0.1) is 0 Å². The second kappa shape index (κ2) is 5.27. The van der Waals surface area contributed by atoms with Gasteiger partial charge in [-0.15, -0.1) is 0 Å². The van der Waals surface area contributed by atoms with Crippen molar-refractivity contribution in [2.45, 2.75) is 25.1 Å². The van der Waals surface area contributed by atoms with Gasteiger partial charge in [0.25, 0.3) is 0 Å². The van der Waals surface area contributed by atoms with E-state index >= 15 is 0 Å². The summed E-state index contributed by atoms with van der Waals surface area (Å²) < 4.78 is 0. The third-order valence-electron chi connectivity index (χ3n) is 3.36. The molecule has 17 heavy (non-hydrogen) atoms. The van der Waals surface area contributed by atoms with Gasteiger partial charge in [-0.1, -0.05) is 31.3 Å². The molecule has 4 heteroatoms. The predicted molar refractivity (Wildman–Crippen MR) is 81.1 cm³/mol. The molecule has 0 bridgehead atoms. The minimum absolute atomic E-state index is 0.485. The Labute approximate surface area is 113 Å². The molecule has 1 fully saturated rings. The molecule has 0 radical (unpaired) electrons. The number of rotatable bonds is 2. The molecule has 0 aliphatic carbocycles. The number of thioether (sulfide) groups is 1. The van der Waals surface area contributed by atoms with Crippen molar-refractivity contribution in [1.29, 1.82) is 0 Å². The second-order valence-corrected chi connectivity index (χ2v) is 6.32. The van der Waals surface area contributed by atoms with Gasteiger partial charge >= 0.3 is 0 Å². The normalized spacial score (nSPS) is 24.7. The maximum atomic E-state index is 5.80. The topological polar surface area (TPSA) is 29.3 Å². The van der Waals surface area contributed by atoms with Crippen LogP contribution in [0.2, 0.25) is 0 Å². The van der Waals surface area contributed by atoms with Gasteiger partial charge in [-0.25, -0.2) is 0 Å². The molecule has 92 valence electrons. The van der Waals surface area contributed by atoms with Gasteiger partial charge < -0.3 is 10.6 Å². The van der Waals surface area contributed by atoms with Gasteiger partial charge in [-0.05, 0) is 19.1 Å².